The molecular formula is C12H12ClNOS2. The van der Waals surface area contributed by atoms with Crippen molar-refractivity contribution < 1.29 is 4.21 Å². The molecule has 1 rings (SSSR count). The van der Waals surface area contributed by atoms with Gasteiger partial charge in [0.05, 0.1) is 22.5 Å². The third-order valence-electron chi connectivity index (χ3n) is 2.05. The Labute approximate surface area is 114 Å². The highest BCUT2D eigenvalue weighted by molar-refractivity contribution is 7.88. The summed E-state index contributed by atoms with van der Waals surface area (Å²) in [6, 6.07) is 5.36. The lowest BCUT2D eigenvalue weighted by Crippen LogP contribution is -1.88. The fourth-order valence-electron chi connectivity index (χ4n) is 1.16. The largest absolute Gasteiger partial charge is 0.250 e. The molecule has 0 fully saturated rings. The average molecular weight is 286 g/mol. The summed E-state index contributed by atoms with van der Waals surface area (Å²) < 4.78 is 11.9. The van der Waals surface area contributed by atoms with Gasteiger partial charge in [-0.25, -0.2) is 9.20 Å². The zero-order valence-corrected chi connectivity index (χ0v) is 11.7. The first-order chi connectivity index (χ1) is 8.15. The lowest BCUT2D eigenvalue weighted by molar-refractivity contribution is 0.688. The summed E-state index contributed by atoms with van der Waals surface area (Å²) in [6.45, 7) is 2.47. The van der Waals surface area contributed by atoms with Crippen molar-refractivity contribution in [2.75, 3.05) is 6.54 Å². The Bertz CT molecular complexity index is 493. The molecule has 0 saturated carbocycles. The van der Waals surface area contributed by atoms with Crippen LogP contribution in [0.4, 0.5) is 0 Å². The van der Waals surface area contributed by atoms with Gasteiger partial charge in [0.25, 0.3) is 0 Å². The number of hydrogen-bond donors (Lipinski definition) is 0. The molecule has 0 spiro atoms. The molecule has 0 N–H and O–H groups in total. The Kier molecular flexibility index (Phi) is 6.30. The molecule has 1 aromatic carbocycles. The normalized spacial score (nSPS) is 12.4. The molecule has 1 atom stereocenters. The fourth-order valence-corrected chi connectivity index (χ4v) is 2.33. The fraction of sp³-hybridized carbons (Fsp3) is 0.250. The van der Waals surface area contributed by atoms with Gasteiger partial charge in [-0.05, 0) is 49.3 Å². The molecule has 0 bridgehead atoms. The van der Waals surface area contributed by atoms with Gasteiger partial charge in [-0.15, -0.1) is 0 Å². The first-order valence-electron chi connectivity index (χ1n) is 5.02. The Morgan fingerprint density at radius 2 is 2.35 bits per heavy atom. The van der Waals surface area contributed by atoms with Gasteiger partial charge in [0.2, 0.25) is 0 Å². The van der Waals surface area contributed by atoms with Crippen molar-refractivity contribution in [1.29, 1.82) is 0 Å². The van der Waals surface area contributed by atoms with E-state index in [9.17, 15) is 4.21 Å². The van der Waals surface area contributed by atoms with E-state index in [1.54, 1.807) is 17.5 Å². The molecule has 5 heteroatoms. The summed E-state index contributed by atoms with van der Waals surface area (Å²) in [7, 11) is -1.13. The Hall–Kier alpha value is -0.800. The van der Waals surface area contributed by atoms with E-state index in [2.05, 4.69) is 22.4 Å². The molecule has 90 valence electrons. The monoisotopic (exact) mass is 285 g/mol. The van der Waals surface area contributed by atoms with Crippen LogP contribution in [0, 0.1) is 6.92 Å². The number of rotatable bonds is 5. The van der Waals surface area contributed by atoms with Gasteiger partial charge in [-0.2, -0.15) is 0 Å². The van der Waals surface area contributed by atoms with Gasteiger partial charge in [0, 0.05) is 15.3 Å². The zero-order valence-electron chi connectivity index (χ0n) is 9.35. The van der Waals surface area contributed by atoms with Crippen LogP contribution in [0.15, 0.2) is 39.6 Å². The topological polar surface area (TPSA) is 29.4 Å². The van der Waals surface area contributed by atoms with E-state index in [1.807, 2.05) is 19.1 Å². The van der Waals surface area contributed by atoms with Crippen molar-refractivity contribution in [2.45, 2.75) is 18.2 Å². The number of hydrogen-bond acceptors (Lipinski definition) is 3. The second-order valence-corrected chi connectivity index (χ2v) is 5.27. The molecular weight excluding hydrogens is 274 g/mol. The van der Waals surface area contributed by atoms with Crippen molar-refractivity contribution in [1.82, 2.24) is 0 Å². The number of isothiocyanates is 1. The van der Waals surface area contributed by atoms with Crippen molar-refractivity contribution in [3.8, 4) is 0 Å². The molecule has 0 amide bonds. The first-order valence-corrected chi connectivity index (χ1v) is 7.02. The predicted molar refractivity (Wildman–Crippen MR) is 76.2 cm³/mol. The SMILES string of the molecule is Cc1cc(S(=O)/C=C/CCN=C=S)ccc1Cl. The van der Waals surface area contributed by atoms with Gasteiger partial charge >= 0.3 is 0 Å². The van der Waals surface area contributed by atoms with Crippen LogP contribution in [0.1, 0.15) is 12.0 Å². The van der Waals surface area contributed by atoms with Gasteiger partial charge < -0.3 is 0 Å². The maximum absolute atomic E-state index is 11.9. The van der Waals surface area contributed by atoms with E-state index in [-0.39, 0.29) is 0 Å². The minimum atomic E-state index is -1.13. The summed E-state index contributed by atoms with van der Waals surface area (Å²) in [5.41, 5.74) is 0.927. The maximum atomic E-state index is 11.9. The lowest BCUT2D eigenvalue weighted by Gasteiger charge is -2.00. The summed E-state index contributed by atoms with van der Waals surface area (Å²) in [5.74, 6) is 0. The number of aliphatic imine (C=N–C) groups is 1. The first kappa shape index (κ1) is 14.3. The van der Waals surface area contributed by atoms with E-state index in [0.29, 0.717) is 18.0 Å². The van der Waals surface area contributed by atoms with Crippen molar-refractivity contribution in [3.05, 3.63) is 40.3 Å². The van der Waals surface area contributed by atoms with Crippen LogP contribution in [0.25, 0.3) is 0 Å². The Morgan fingerprint density at radius 3 is 3.00 bits per heavy atom. The summed E-state index contributed by atoms with van der Waals surface area (Å²) in [5, 5.41) is 4.62. The second kappa shape index (κ2) is 7.51. The van der Waals surface area contributed by atoms with Crippen LogP contribution in [-0.4, -0.2) is 15.9 Å². The number of aryl methyl sites for hydroxylation is 1. The molecule has 0 heterocycles. The lowest BCUT2D eigenvalue weighted by atomic mass is 10.2. The van der Waals surface area contributed by atoms with Gasteiger partial charge in [-0.1, -0.05) is 17.7 Å². The second-order valence-electron chi connectivity index (χ2n) is 3.34. The van der Waals surface area contributed by atoms with E-state index < -0.39 is 10.8 Å². The molecule has 0 aliphatic carbocycles. The van der Waals surface area contributed by atoms with Crippen molar-refractivity contribution in [3.63, 3.8) is 0 Å². The highest BCUT2D eigenvalue weighted by Gasteiger charge is 2.02. The third kappa shape index (κ3) is 4.92. The van der Waals surface area contributed by atoms with Crippen molar-refractivity contribution in [2.24, 2.45) is 4.99 Å². The van der Waals surface area contributed by atoms with Crippen LogP contribution in [0.2, 0.25) is 5.02 Å². The van der Waals surface area contributed by atoms with E-state index in [0.717, 1.165) is 10.5 Å². The van der Waals surface area contributed by atoms with Gasteiger partial charge in [0.1, 0.15) is 0 Å². The minimum absolute atomic E-state index is 0.580. The van der Waals surface area contributed by atoms with Crippen LogP contribution in [0.5, 0.6) is 0 Å². The average Bonchev–Trinajstić information content (AvgIpc) is 2.32. The van der Waals surface area contributed by atoms with Gasteiger partial charge in [0.15, 0.2) is 0 Å². The van der Waals surface area contributed by atoms with E-state index >= 15 is 0 Å². The quantitative estimate of drug-likeness (QED) is 0.468. The van der Waals surface area contributed by atoms with Gasteiger partial charge in [-0.3, -0.25) is 0 Å². The number of halogens is 1. The molecule has 1 unspecified atom stereocenters. The number of nitrogens with zero attached hydrogens (tertiary/aromatic N) is 1. The standard InChI is InChI=1S/C12H12ClNOS2/c1-10-8-11(4-5-12(10)13)17(15)7-3-2-6-14-9-16/h3-5,7-8H,2,6H2,1H3/b7-3+. The van der Waals surface area contributed by atoms with Crippen LogP contribution in [-0.2, 0) is 10.8 Å². The highest BCUT2D eigenvalue weighted by Crippen LogP contribution is 2.18. The molecule has 0 radical (unpaired) electrons. The molecule has 0 saturated heterocycles. The van der Waals surface area contributed by atoms with Crippen LogP contribution >= 0.6 is 23.8 Å². The molecule has 2 nitrogen and oxygen atoms in total. The molecule has 0 aliphatic heterocycles. The van der Waals surface area contributed by atoms with Crippen LogP contribution < -0.4 is 0 Å². The summed E-state index contributed by atoms with van der Waals surface area (Å²) in [4.78, 5) is 4.52. The highest BCUT2D eigenvalue weighted by atomic mass is 35.5. The Balaban J connectivity index is 2.63. The number of benzene rings is 1. The summed E-state index contributed by atoms with van der Waals surface area (Å²) in [6.07, 6.45) is 2.54. The third-order valence-corrected chi connectivity index (χ3v) is 3.77. The van der Waals surface area contributed by atoms with Crippen LogP contribution in [0.3, 0.4) is 0 Å². The predicted octanol–water partition coefficient (Wildman–Crippen LogP) is 3.76. The smallest absolute Gasteiger partial charge is 0.0772 e. The minimum Gasteiger partial charge on any atom is -0.250 e. The molecule has 0 aromatic heterocycles. The number of thiocarbonyl (C=S) groups is 1. The maximum Gasteiger partial charge on any atom is 0.0772 e. The molecule has 1 aromatic rings. The Morgan fingerprint density at radius 1 is 1.59 bits per heavy atom. The zero-order chi connectivity index (χ0) is 12.7. The van der Waals surface area contributed by atoms with Crippen molar-refractivity contribution >= 4 is 39.8 Å². The van der Waals surface area contributed by atoms with E-state index in [4.69, 9.17) is 11.6 Å². The molecule has 17 heavy (non-hydrogen) atoms. The summed E-state index contributed by atoms with van der Waals surface area (Å²) >= 11 is 10.3. The molecule has 0 aliphatic rings. The van der Waals surface area contributed by atoms with E-state index in [1.165, 1.54) is 0 Å².